The van der Waals surface area contributed by atoms with Crippen LogP contribution in [0.1, 0.15) is 23.6 Å². The zero-order chi connectivity index (χ0) is 15.4. The average Bonchev–Trinajstić information content (AvgIpc) is 2.45. The van der Waals surface area contributed by atoms with E-state index in [-0.39, 0.29) is 11.7 Å². The van der Waals surface area contributed by atoms with E-state index < -0.39 is 0 Å². The smallest absolute Gasteiger partial charge is 0.128 e. The fourth-order valence-electron chi connectivity index (χ4n) is 2.26. The summed E-state index contributed by atoms with van der Waals surface area (Å²) < 4.78 is 14.1. The molecule has 3 N–H and O–H groups in total. The lowest BCUT2D eigenvalue weighted by Crippen LogP contribution is -2.23. The van der Waals surface area contributed by atoms with Crippen molar-refractivity contribution in [3.05, 3.63) is 65.0 Å². The Morgan fingerprint density at radius 2 is 2.00 bits per heavy atom. The summed E-state index contributed by atoms with van der Waals surface area (Å²) in [6, 6.07) is 12.9. The van der Waals surface area contributed by atoms with Crippen molar-refractivity contribution in [3.8, 4) is 0 Å². The second-order valence-electron chi connectivity index (χ2n) is 5.07. The van der Waals surface area contributed by atoms with Crippen LogP contribution in [0.15, 0.2) is 42.5 Å². The highest BCUT2D eigenvalue weighted by Gasteiger charge is 2.10. The average molecular weight is 285 g/mol. The highest BCUT2D eigenvalue weighted by Crippen LogP contribution is 2.20. The molecule has 0 saturated carbocycles. The Balaban J connectivity index is 2.25. The maximum absolute atomic E-state index is 14.1. The van der Waals surface area contributed by atoms with Crippen LogP contribution in [-0.2, 0) is 6.54 Å². The number of nitrogens with one attached hydrogen (secondary N) is 1. The number of halogens is 1. The van der Waals surface area contributed by atoms with Gasteiger partial charge in [-0.15, -0.1) is 0 Å². The summed E-state index contributed by atoms with van der Waals surface area (Å²) in [5.41, 5.74) is 8.64. The van der Waals surface area contributed by atoms with E-state index in [0.29, 0.717) is 17.7 Å². The summed E-state index contributed by atoms with van der Waals surface area (Å²) in [5.74, 6) is -0.444. The van der Waals surface area contributed by atoms with Crippen molar-refractivity contribution < 1.29 is 4.39 Å². The van der Waals surface area contributed by atoms with Gasteiger partial charge in [-0.1, -0.05) is 24.3 Å². The topological polar surface area (TPSA) is 53.1 Å². The third-order valence-electron chi connectivity index (χ3n) is 3.47. The van der Waals surface area contributed by atoms with Crippen LogP contribution in [0.4, 0.5) is 10.1 Å². The van der Waals surface area contributed by atoms with Gasteiger partial charge >= 0.3 is 0 Å². The summed E-state index contributed by atoms with van der Waals surface area (Å²) in [4.78, 5) is 2.11. The second-order valence-corrected chi connectivity index (χ2v) is 5.07. The molecule has 0 bridgehead atoms. The minimum absolute atomic E-state index is 0.119. The van der Waals surface area contributed by atoms with Gasteiger partial charge in [-0.3, -0.25) is 5.41 Å². The third kappa shape index (κ3) is 3.60. The highest BCUT2D eigenvalue weighted by atomic mass is 19.1. The number of amidine groups is 1. The van der Waals surface area contributed by atoms with Gasteiger partial charge in [0.2, 0.25) is 0 Å². The van der Waals surface area contributed by atoms with Crippen LogP contribution in [0.5, 0.6) is 0 Å². The molecule has 0 aliphatic carbocycles. The largest absolute Gasteiger partial charge is 0.384 e. The number of rotatable bonds is 5. The van der Waals surface area contributed by atoms with E-state index in [1.807, 2.05) is 32.0 Å². The number of nitrogen functional groups attached to an aromatic ring is 1. The zero-order valence-electron chi connectivity index (χ0n) is 12.4. The Bertz CT molecular complexity index is 652. The van der Waals surface area contributed by atoms with Crippen molar-refractivity contribution in [1.29, 1.82) is 5.41 Å². The van der Waals surface area contributed by atoms with Crippen molar-refractivity contribution >= 4 is 11.5 Å². The molecule has 0 spiro atoms. The van der Waals surface area contributed by atoms with Gasteiger partial charge in [0.15, 0.2) is 0 Å². The van der Waals surface area contributed by atoms with Gasteiger partial charge in [0.1, 0.15) is 11.7 Å². The van der Waals surface area contributed by atoms with Gasteiger partial charge in [-0.05, 0) is 37.6 Å². The molecule has 0 heterocycles. The van der Waals surface area contributed by atoms with Crippen molar-refractivity contribution in [2.75, 3.05) is 11.4 Å². The number of hydrogen-bond acceptors (Lipinski definition) is 2. The molecular formula is C17H20FN3. The lowest BCUT2D eigenvalue weighted by Gasteiger charge is -2.24. The minimum atomic E-state index is -0.325. The van der Waals surface area contributed by atoms with E-state index in [2.05, 4.69) is 11.0 Å². The Morgan fingerprint density at radius 3 is 2.57 bits per heavy atom. The summed E-state index contributed by atoms with van der Waals surface area (Å²) in [6.07, 6.45) is 0. The molecule has 0 aromatic heterocycles. The number of nitrogens with two attached hydrogens (primary N) is 1. The molecule has 0 atom stereocenters. The second kappa shape index (κ2) is 6.39. The number of benzene rings is 2. The minimum Gasteiger partial charge on any atom is -0.384 e. The molecule has 2 aromatic carbocycles. The predicted octanol–water partition coefficient (Wildman–Crippen LogP) is 3.44. The molecule has 2 rings (SSSR count). The molecule has 110 valence electrons. The Hall–Kier alpha value is -2.36. The molecule has 4 heteroatoms. The molecule has 0 saturated heterocycles. The standard InChI is InChI=1S/C17H20FN3/c1-3-21(15-6-4-5-12(2)9-15)11-14-8-7-13(17(19)20)10-16(14)18/h4-10H,3,11H2,1-2H3,(H3,19,20). The van der Waals surface area contributed by atoms with Crippen LogP contribution in [0, 0.1) is 18.2 Å². The molecule has 0 amide bonds. The lowest BCUT2D eigenvalue weighted by molar-refractivity contribution is 0.605. The molecule has 21 heavy (non-hydrogen) atoms. The maximum atomic E-state index is 14.1. The SMILES string of the molecule is CCN(Cc1ccc(C(=N)N)cc1F)c1cccc(C)c1. The van der Waals surface area contributed by atoms with E-state index in [1.165, 1.54) is 11.6 Å². The van der Waals surface area contributed by atoms with Crippen LogP contribution >= 0.6 is 0 Å². The highest BCUT2D eigenvalue weighted by molar-refractivity contribution is 5.94. The van der Waals surface area contributed by atoms with E-state index >= 15 is 0 Å². The summed E-state index contributed by atoms with van der Waals surface area (Å²) in [6.45, 7) is 5.37. The molecular weight excluding hydrogens is 265 g/mol. The first kappa shape index (κ1) is 15.0. The van der Waals surface area contributed by atoms with Crippen molar-refractivity contribution in [2.24, 2.45) is 5.73 Å². The first-order valence-corrected chi connectivity index (χ1v) is 6.95. The monoisotopic (exact) mass is 285 g/mol. The Labute approximate surface area is 124 Å². The molecule has 2 aromatic rings. The van der Waals surface area contributed by atoms with Crippen LogP contribution in [-0.4, -0.2) is 12.4 Å². The van der Waals surface area contributed by atoms with E-state index in [1.54, 1.807) is 12.1 Å². The van der Waals surface area contributed by atoms with Crippen molar-refractivity contribution in [3.63, 3.8) is 0 Å². The normalized spacial score (nSPS) is 10.4. The van der Waals surface area contributed by atoms with Gasteiger partial charge in [0.05, 0.1) is 0 Å². The van der Waals surface area contributed by atoms with E-state index in [9.17, 15) is 4.39 Å². The Kier molecular flexibility index (Phi) is 4.58. The van der Waals surface area contributed by atoms with Gasteiger partial charge in [0, 0.05) is 29.9 Å². The Morgan fingerprint density at radius 1 is 1.24 bits per heavy atom. The summed E-state index contributed by atoms with van der Waals surface area (Å²) >= 11 is 0. The number of nitrogens with zero attached hydrogens (tertiary/aromatic N) is 1. The fraction of sp³-hybridized carbons (Fsp3) is 0.235. The maximum Gasteiger partial charge on any atom is 0.128 e. The van der Waals surface area contributed by atoms with Crippen molar-refractivity contribution in [2.45, 2.75) is 20.4 Å². The summed E-state index contributed by atoms with van der Waals surface area (Å²) in [7, 11) is 0. The van der Waals surface area contributed by atoms with Gasteiger partial charge in [-0.25, -0.2) is 4.39 Å². The molecule has 0 radical (unpaired) electrons. The third-order valence-corrected chi connectivity index (χ3v) is 3.47. The zero-order valence-corrected chi connectivity index (χ0v) is 12.4. The van der Waals surface area contributed by atoms with Gasteiger partial charge in [0.25, 0.3) is 0 Å². The lowest BCUT2D eigenvalue weighted by atomic mass is 10.1. The fourth-order valence-corrected chi connectivity index (χ4v) is 2.26. The molecule has 0 aliphatic heterocycles. The van der Waals surface area contributed by atoms with Crippen LogP contribution in [0.3, 0.4) is 0 Å². The number of anilines is 1. The first-order valence-electron chi connectivity index (χ1n) is 6.95. The quantitative estimate of drug-likeness (QED) is 0.653. The van der Waals surface area contributed by atoms with E-state index in [4.69, 9.17) is 11.1 Å². The molecule has 0 unspecified atom stereocenters. The number of hydrogen-bond donors (Lipinski definition) is 2. The van der Waals surface area contributed by atoms with Crippen LogP contribution < -0.4 is 10.6 Å². The first-order chi connectivity index (χ1) is 10.0. The summed E-state index contributed by atoms with van der Waals surface area (Å²) in [5, 5.41) is 7.34. The van der Waals surface area contributed by atoms with Crippen LogP contribution in [0.25, 0.3) is 0 Å². The van der Waals surface area contributed by atoms with Gasteiger partial charge < -0.3 is 10.6 Å². The number of aryl methyl sites for hydroxylation is 1. The molecule has 3 nitrogen and oxygen atoms in total. The van der Waals surface area contributed by atoms with Gasteiger partial charge in [-0.2, -0.15) is 0 Å². The van der Waals surface area contributed by atoms with E-state index in [0.717, 1.165) is 12.2 Å². The van der Waals surface area contributed by atoms with Crippen LogP contribution in [0.2, 0.25) is 0 Å². The molecule has 0 fully saturated rings. The molecule has 0 aliphatic rings. The predicted molar refractivity (Wildman–Crippen MR) is 85.3 cm³/mol. The van der Waals surface area contributed by atoms with Crippen molar-refractivity contribution in [1.82, 2.24) is 0 Å².